The van der Waals surface area contributed by atoms with Crippen molar-refractivity contribution in [2.45, 2.75) is 13.3 Å². The summed E-state index contributed by atoms with van der Waals surface area (Å²) in [6.07, 6.45) is -2.33. The molecule has 0 saturated carbocycles. The zero-order valence-corrected chi connectivity index (χ0v) is 12.8. The maximum absolute atomic E-state index is 12.3. The largest absolute Gasteiger partial charge is 0.496 e. The lowest BCUT2D eigenvalue weighted by atomic mass is 10.2. The van der Waals surface area contributed by atoms with E-state index in [1.807, 2.05) is 13.0 Å². The van der Waals surface area contributed by atoms with Crippen LogP contribution in [0.4, 0.5) is 19.3 Å². The summed E-state index contributed by atoms with van der Waals surface area (Å²) in [5, 5.41) is 2.82. The van der Waals surface area contributed by atoms with E-state index >= 15 is 0 Å². The summed E-state index contributed by atoms with van der Waals surface area (Å²) in [6.45, 7) is 3.52. The van der Waals surface area contributed by atoms with E-state index in [4.69, 9.17) is 4.74 Å². The molecule has 0 radical (unpaired) electrons. The predicted octanol–water partition coefficient (Wildman–Crippen LogP) is 2.42. The van der Waals surface area contributed by atoms with Gasteiger partial charge >= 0.3 is 6.03 Å². The average molecular weight is 313 g/mol. The number of amides is 2. The number of rotatable bonds is 4. The van der Waals surface area contributed by atoms with Crippen LogP contribution in [0.25, 0.3) is 0 Å². The maximum atomic E-state index is 12.3. The van der Waals surface area contributed by atoms with Gasteiger partial charge in [0, 0.05) is 31.9 Å². The first-order chi connectivity index (χ1) is 10.5. The third kappa shape index (κ3) is 4.30. The van der Waals surface area contributed by atoms with E-state index in [1.54, 1.807) is 29.0 Å². The first-order valence-corrected chi connectivity index (χ1v) is 7.20. The van der Waals surface area contributed by atoms with Gasteiger partial charge in [-0.2, -0.15) is 0 Å². The van der Waals surface area contributed by atoms with Gasteiger partial charge in [-0.05, 0) is 30.7 Å². The van der Waals surface area contributed by atoms with E-state index in [0.717, 1.165) is 11.3 Å². The number of anilines is 1. The molecule has 1 aliphatic rings. The van der Waals surface area contributed by atoms with Crippen molar-refractivity contribution in [3.63, 3.8) is 0 Å². The summed E-state index contributed by atoms with van der Waals surface area (Å²) in [5.41, 5.74) is 1.63. The number of piperazine rings is 1. The number of aryl methyl sites for hydroxylation is 1. The van der Waals surface area contributed by atoms with Gasteiger partial charge in [0.1, 0.15) is 5.75 Å². The second kappa shape index (κ2) is 7.40. The molecule has 0 spiro atoms. The number of benzene rings is 1. The smallest absolute Gasteiger partial charge is 0.321 e. The summed E-state index contributed by atoms with van der Waals surface area (Å²) in [6, 6.07) is 5.20. The SMILES string of the molecule is COc1ccc(NC(=O)N2CCN(CC(F)F)CC2)cc1C. The Morgan fingerprint density at radius 2 is 2.00 bits per heavy atom. The molecular formula is C15H21F2N3O2. The van der Waals surface area contributed by atoms with Crippen LogP contribution in [0.3, 0.4) is 0 Å². The molecule has 1 fully saturated rings. The van der Waals surface area contributed by atoms with Gasteiger partial charge < -0.3 is 15.0 Å². The molecule has 1 heterocycles. The average Bonchev–Trinajstić information content (AvgIpc) is 2.47. The van der Waals surface area contributed by atoms with Crippen LogP contribution >= 0.6 is 0 Å². The number of carbonyl (C=O) groups is 1. The second-order valence-electron chi connectivity index (χ2n) is 5.29. The molecule has 1 aromatic rings. The van der Waals surface area contributed by atoms with Gasteiger partial charge in [0.25, 0.3) is 6.43 Å². The Labute approximate surface area is 128 Å². The van der Waals surface area contributed by atoms with E-state index in [9.17, 15) is 13.6 Å². The molecule has 1 N–H and O–H groups in total. The predicted molar refractivity (Wildman–Crippen MR) is 80.8 cm³/mol. The molecule has 1 saturated heterocycles. The molecule has 22 heavy (non-hydrogen) atoms. The third-order valence-corrected chi connectivity index (χ3v) is 3.70. The van der Waals surface area contributed by atoms with Gasteiger partial charge in [0.05, 0.1) is 13.7 Å². The summed E-state index contributed by atoms with van der Waals surface area (Å²) < 4.78 is 29.8. The van der Waals surface area contributed by atoms with E-state index < -0.39 is 6.43 Å². The van der Waals surface area contributed by atoms with Crippen LogP contribution < -0.4 is 10.1 Å². The van der Waals surface area contributed by atoms with Crippen LogP contribution in [0.5, 0.6) is 5.75 Å². The molecule has 1 aromatic carbocycles. The van der Waals surface area contributed by atoms with Gasteiger partial charge in [-0.25, -0.2) is 13.6 Å². The highest BCUT2D eigenvalue weighted by molar-refractivity contribution is 5.89. The Kier molecular flexibility index (Phi) is 5.54. The Morgan fingerprint density at radius 1 is 1.32 bits per heavy atom. The van der Waals surface area contributed by atoms with E-state index in [-0.39, 0.29) is 12.6 Å². The Bertz CT molecular complexity index is 518. The quantitative estimate of drug-likeness (QED) is 0.928. The first kappa shape index (κ1) is 16.5. The number of methoxy groups -OCH3 is 1. The minimum absolute atomic E-state index is 0.207. The number of halogens is 2. The number of carbonyl (C=O) groups excluding carboxylic acids is 1. The van der Waals surface area contributed by atoms with Crippen LogP contribution in [0.1, 0.15) is 5.56 Å². The van der Waals surface area contributed by atoms with Gasteiger partial charge in [-0.15, -0.1) is 0 Å². The molecule has 2 amide bonds. The van der Waals surface area contributed by atoms with E-state index in [0.29, 0.717) is 31.9 Å². The number of hydrogen-bond donors (Lipinski definition) is 1. The Hall–Kier alpha value is -1.89. The topological polar surface area (TPSA) is 44.8 Å². The van der Waals surface area contributed by atoms with Crippen molar-refractivity contribution in [1.82, 2.24) is 9.80 Å². The molecule has 7 heteroatoms. The van der Waals surface area contributed by atoms with Crippen LogP contribution in [0, 0.1) is 6.92 Å². The zero-order valence-electron chi connectivity index (χ0n) is 12.8. The lowest BCUT2D eigenvalue weighted by Gasteiger charge is -2.34. The summed E-state index contributed by atoms with van der Waals surface area (Å²) in [7, 11) is 1.60. The standard InChI is InChI=1S/C15H21F2N3O2/c1-11-9-12(3-4-13(11)22-2)18-15(21)20-7-5-19(6-8-20)10-14(16)17/h3-4,9,14H,5-8,10H2,1-2H3,(H,18,21). The van der Waals surface area contributed by atoms with Crippen LogP contribution in [-0.2, 0) is 0 Å². The van der Waals surface area contributed by atoms with Crippen LogP contribution in [0.15, 0.2) is 18.2 Å². The van der Waals surface area contributed by atoms with Crippen LogP contribution in [-0.4, -0.2) is 62.1 Å². The number of ether oxygens (including phenoxy) is 1. The lowest BCUT2D eigenvalue weighted by Crippen LogP contribution is -2.50. The normalized spacial score (nSPS) is 16.0. The minimum atomic E-state index is -2.33. The molecule has 0 bridgehead atoms. The second-order valence-corrected chi connectivity index (χ2v) is 5.29. The van der Waals surface area contributed by atoms with Crippen LogP contribution in [0.2, 0.25) is 0 Å². The number of nitrogens with zero attached hydrogens (tertiary/aromatic N) is 2. The Morgan fingerprint density at radius 3 is 2.55 bits per heavy atom. The van der Waals surface area contributed by atoms with Crippen molar-refractivity contribution in [3.05, 3.63) is 23.8 Å². The molecular weight excluding hydrogens is 292 g/mol. The number of alkyl halides is 2. The van der Waals surface area contributed by atoms with Gasteiger partial charge in [-0.3, -0.25) is 4.90 Å². The number of nitrogens with one attached hydrogen (secondary N) is 1. The van der Waals surface area contributed by atoms with E-state index in [1.165, 1.54) is 0 Å². The third-order valence-electron chi connectivity index (χ3n) is 3.70. The van der Waals surface area contributed by atoms with Crippen molar-refractivity contribution in [2.24, 2.45) is 0 Å². The monoisotopic (exact) mass is 313 g/mol. The Balaban J connectivity index is 1.87. The number of urea groups is 1. The fourth-order valence-electron chi connectivity index (χ4n) is 2.49. The molecule has 122 valence electrons. The molecule has 2 rings (SSSR count). The maximum Gasteiger partial charge on any atom is 0.321 e. The van der Waals surface area contributed by atoms with Crippen molar-refractivity contribution in [3.8, 4) is 5.75 Å². The highest BCUT2D eigenvalue weighted by atomic mass is 19.3. The van der Waals surface area contributed by atoms with Crippen molar-refractivity contribution in [1.29, 1.82) is 0 Å². The summed E-state index contributed by atoms with van der Waals surface area (Å²) >= 11 is 0. The zero-order chi connectivity index (χ0) is 16.1. The van der Waals surface area contributed by atoms with Crippen molar-refractivity contribution < 1.29 is 18.3 Å². The van der Waals surface area contributed by atoms with Crippen molar-refractivity contribution >= 4 is 11.7 Å². The minimum Gasteiger partial charge on any atom is -0.496 e. The first-order valence-electron chi connectivity index (χ1n) is 7.20. The summed E-state index contributed by atoms with van der Waals surface area (Å²) in [5.74, 6) is 0.763. The molecule has 0 atom stereocenters. The van der Waals surface area contributed by atoms with Crippen molar-refractivity contribution in [2.75, 3.05) is 45.2 Å². The molecule has 0 unspecified atom stereocenters. The molecule has 0 aliphatic carbocycles. The van der Waals surface area contributed by atoms with E-state index in [2.05, 4.69) is 5.32 Å². The highest BCUT2D eigenvalue weighted by Crippen LogP contribution is 2.21. The molecule has 1 aliphatic heterocycles. The lowest BCUT2D eigenvalue weighted by molar-refractivity contribution is 0.0651. The van der Waals surface area contributed by atoms with Gasteiger partial charge in [-0.1, -0.05) is 0 Å². The fraction of sp³-hybridized carbons (Fsp3) is 0.533. The highest BCUT2D eigenvalue weighted by Gasteiger charge is 2.22. The number of hydrogen-bond acceptors (Lipinski definition) is 3. The molecule has 0 aromatic heterocycles. The fourth-order valence-corrected chi connectivity index (χ4v) is 2.49. The van der Waals surface area contributed by atoms with Gasteiger partial charge in [0.2, 0.25) is 0 Å². The molecule has 5 nitrogen and oxygen atoms in total. The summed E-state index contributed by atoms with van der Waals surface area (Å²) in [4.78, 5) is 15.5. The van der Waals surface area contributed by atoms with Gasteiger partial charge in [0.15, 0.2) is 0 Å².